The lowest BCUT2D eigenvalue weighted by Crippen LogP contribution is -2.49. The van der Waals surface area contributed by atoms with E-state index in [0.717, 1.165) is 26.3 Å². The van der Waals surface area contributed by atoms with Gasteiger partial charge in [-0.1, -0.05) is 6.92 Å². The average Bonchev–Trinajstić information content (AvgIpc) is 2.16. The molecule has 0 aliphatic rings. The second-order valence-electron chi connectivity index (χ2n) is 4.85. The first kappa shape index (κ1) is 14.9. The van der Waals surface area contributed by atoms with Crippen molar-refractivity contribution in [2.75, 3.05) is 33.4 Å². The van der Waals surface area contributed by atoms with E-state index in [1.165, 1.54) is 0 Å². The zero-order valence-corrected chi connectivity index (χ0v) is 11.3. The number of nitrogens with zero attached hydrogens (tertiary/aromatic N) is 1. The second kappa shape index (κ2) is 7.20. The van der Waals surface area contributed by atoms with E-state index in [1.807, 2.05) is 14.0 Å². The Labute approximate surface area is 95.2 Å². The zero-order valence-electron chi connectivity index (χ0n) is 11.3. The number of ether oxygens (including phenoxy) is 1. The molecule has 0 fully saturated rings. The van der Waals surface area contributed by atoms with Crippen molar-refractivity contribution in [3.8, 4) is 0 Å². The van der Waals surface area contributed by atoms with Crippen LogP contribution in [0.3, 0.4) is 0 Å². The van der Waals surface area contributed by atoms with Gasteiger partial charge in [-0.3, -0.25) is 4.90 Å². The van der Waals surface area contributed by atoms with Gasteiger partial charge in [-0.25, -0.2) is 0 Å². The molecule has 1 atom stereocenters. The average molecular weight is 216 g/mol. The Morgan fingerprint density at radius 2 is 1.87 bits per heavy atom. The van der Waals surface area contributed by atoms with Crippen molar-refractivity contribution in [1.29, 1.82) is 0 Å². The molecule has 0 saturated heterocycles. The topological polar surface area (TPSA) is 24.5 Å². The van der Waals surface area contributed by atoms with E-state index in [4.69, 9.17) is 4.74 Å². The van der Waals surface area contributed by atoms with Crippen LogP contribution in [-0.4, -0.2) is 49.8 Å². The summed E-state index contributed by atoms with van der Waals surface area (Å²) in [6.07, 6.45) is 0. The van der Waals surface area contributed by atoms with Crippen LogP contribution in [0.5, 0.6) is 0 Å². The highest BCUT2D eigenvalue weighted by Gasteiger charge is 2.22. The minimum atomic E-state index is 0.232. The predicted octanol–water partition coefficient (Wildman–Crippen LogP) is 1.73. The van der Waals surface area contributed by atoms with Crippen LogP contribution in [0.15, 0.2) is 0 Å². The molecule has 15 heavy (non-hydrogen) atoms. The van der Waals surface area contributed by atoms with Crippen molar-refractivity contribution >= 4 is 0 Å². The van der Waals surface area contributed by atoms with Crippen LogP contribution in [0.4, 0.5) is 0 Å². The molecule has 0 saturated carbocycles. The molecule has 0 aromatic rings. The Bertz CT molecular complexity index is 154. The van der Waals surface area contributed by atoms with Gasteiger partial charge in [0.25, 0.3) is 0 Å². The van der Waals surface area contributed by atoms with Gasteiger partial charge in [0.15, 0.2) is 0 Å². The summed E-state index contributed by atoms with van der Waals surface area (Å²) in [7, 11) is 2.00. The maximum absolute atomic E-state index is 5.46. The third kappa shape index (κ3) is 6.13. The Morgan fingerprint density at radius 3 is 2.20 bits per heavy atom. The highest BCUT2D eigenvalue weighted by atomic mass is 16.5. The summed E-state index contributed by atoms with van der Waals surface area (Å²) in [5.41, 5.74) is 0.232. The number of nitrogens with one attached hydrogen (secondary N) is 1. The lowest BCUT2D eigenvalue weighted by molar-refractivity contribution is 0.0798. The second-order valence-corrected chi connectivity index (χ2v) is 4.85. The molecule has 0 aliphatic heterocycles. The van der Waals surface area contributed by atoms with Crippen molar-refractivity contribution in [2.24, 2.45) is 0 Å². The summed E-state index contributed by atoms with van der Waals surface area (Å²) in [4.78, 5) is 2.47. The van der Waals surface area contributed by atoms with Crippen molar-refractivity contribution in [3.63, 3.8) is 0 Å². The van der Waals surface area contributed by atoms with Gasteiger partial charge < -0.3 is 10.1 Å². The van der Waals surface area contributed by atoms with E-state index < -0.39 is 0 Å². The lowest BCUT2D eigenvalue weighted by atomic mass is 10.1. The van der Waals surface area contributed by atoms with Crippen molar-refractivity contribution < 1.29 is 4.74 Å². The molecule has 92 valence electrons. The molecule has 0 aromatic carbocycles. The molecule has 0 spiro atoms. The summed E-state index contributed by atoms with van der Waals surface area (Å²) in [5, 5.41) is 3.31. The van der Waals surface area contributed by atoms with Gasteiger partial charge in [-0.15, -0.1) is 0 Å². The van der Waals surface area contributed by atoms with Crippen LogP contribution in [-0.2, 0) is 4.74 Å². The van der Waals surface area contributed by atoms with E-state index >= 15 is 0 Å². The molecule has 0 rings (SSSR count). The summed E-state index contributed by atoms with van der Waals surface area (Å²) in [6.45, 7) is 14.7. The van der Waals surface area contributed by atoms with Gasteiger partial charge in [0.2, 0.25) is 0 Å². The van der Waals surface area contributed by atoms with Crippen LogP contribution in [0.25, 0.3) is 0 Å². The first-order valence-electron chi connectivity index (χ1n) is 5.95. The van der Waals surface area contributed by atoms with Crippen molar-refractivity contribution in [1.82, 2.24) is 10.2 Å². The fourth-order valence-electron chi connectivity index (χ4n) is 1.63. The smallest absolute Gasteiger partial charge is 0.0631 e. The summed E-state index contributed by atoms with van der Waals surface area (Å²) in [6, 6.07) is 0.420. The number of likely N-dealkylation sites (N-methyl/N-ethyl adjacent to an activating group) is 2. The Hall–Kier alpha value is -0.120. The number of hydrogen-bond donors (Lipinski definition) is 1. The SMILES string of the molecule is CCOCC(CN(CC)C(C)(C)C)NC. The molecule has 0 bridgehead atoms. The van der Waals surface area contributed by atoms with E-state index in [-0.39, 0.29) is 5.54 Å². The predicted molar refractivity (Wildman–Crippen MR) is 66.3 cm³/mol. The molecular formula is C12H28N2O. The molecule has 1 N–H and O–H groups in total. The minimum absolute atomic E-state index is 0.232. The molecule has 3 heteroatoms. The quantitative estimate of drug-likeness (QED) is 0.701. The third-order valence-electron chi connectivity index (χ3n) is 2.70. The molecule has 0 radical (unpaired) electrons. The molecule has 1 unspecified atom stereocenters. The maximum Gasteiger partial charge on any atom is 0.0631 e. The number of hydrogen-bond acceptors (Lipinski definition) is 3. The van der Waals surface area contributed by atoms with Gasteiger partial charge >= 0.3 is 0 Å². The van der Waals surface area contributed by atoms with Gasteiger partial charge in [-0.2, -0.15) is 0 Å². The fraction of sp³-hybridized carbons (Fsp3) is 1.00. The standard InChI is InChI=1S/C12H28N2O/c1-7-14(12(3,4)5)9-11(13-6)10-15-8-2/h11,13H,7-10H2,1-6H3. The first-order valence-corrected chi connectivity index (χ1v) is 5.95. The molecule has 0 heterocycles. The van der Waals surface area contributed by atoms with Gasteiger partial charge in [0.1, 0.15) is 0 Å². The molecule has 3 nitrogen and oxygen atoms in total. The van der Waals surface area contributed by atoms with Crippen LogP contribution >= 0.6 is 0 Å². The molecule has 0 aromatic heterocycles. The largest absolute Gasteiger partial charge is 0.380 e. The van der Waals surface area contributed by atoms with E-state index in [0.29, 0.717) is 6.04 Å². The summed E-state index contributed by atoms with van der Waals surface area (Å²) < 4.78 is 5.46. The highest BCUT2D eigenvalue weighted by Crippen LogP contribution is 2.12. The van der Waals surface area contributed by atoms with E-state index in [2.05, 4.69) is 37.9 Å². The van der Waals surface area contributed by atoms with Gasteiger partial charge in [0.05, 0.1) is 6.61 Å². The normalized spacial score (nSPS) is 14.6. The maximum atomic E-state index is 5.46. The first-order chi connectivity index (χ1) is 6.95. The van der Waals surface area contributed by atoms with Crippen molar-refractivity contribution in [3.05, 3.63) is 0 Å². The number of rotatable bonds is 7. The monoisotopic (exact) mass is 216 g/mol. The molecular weight excluding hydrogens is 188 g/mol. The summed E-state index contributed by atoms with van der Waals surface area (Å²) >= 11 is 0. The van der Waals surface area contributed by atoms with Gasteiger partial charge in [0, 0.05) is 24.7 Å². The summed E-state index contributed by atoms with van der Waals surface area (Å²) in [5.74, 6) is 0. The Balaban J connectivity index is 4.12. The zero-order chi connectivity index (χ0) is 11.9. The lowest BCUT2D eigenvalue weighted by Gasteiger charge is -2.37. The third-order valence-corrected chi connectivity index (χ3v) is 2.70. The molecule has 0 aliphatic carbocycles. The fourth-order valence-corrected chi connectivity index (χ4v) is 1.63. The highest BCUT2D eigenvalue weighted by molar-refractivity contribution is 4.79. The molecule has 0 amide bonds. The van der Waals surface area contributed by atoms with Gasteiger partial charge in [-0.05, 0) is 41.3 Å². The van der Waals surface area contributed by atoms with Crippen LogP contribution in [0.1, 0.15) is 34.6 Å². The Kier molecular flexibility index (Phi) is 7.14. The van der Waals surface area contributed by atoms with E-state index in [1.54, 1.807) is 0 Å². The minimum Gasteiger partial charge on any atom is -0.380 e. The van der Waals surface area contributed by atoms with Crippen LogP contribution < -0.4 is 5.32 Å². The van der Waals surface area contributed by atoms with Crippen LogP contribution in [0.2, 0.25) is 0 Å². The Morgan fingerprint density at radius 1 is 1.27 bits per heavy atom. The van der Waals surface area contributed by atoms with Crippen LogP contribution in [0, 0.1) is 0 Å². The van der Waals surface area contributed by atoms with E-state index in [9.17, 15) is 0 Å². The van der Waals surface area contributed by atoms with Crippen molar-refractivity contribution in [2.45, 2.75) is 46.2 Å².